The standard InChI is InChI=1S/C18H16ClN3O2/c1-11(12-5-6-14-13(10-12)7-9-24-14)20-18(23)16-17(19)21-15-4-2-3-8-22(15)16/h2-6,8,10-11H,7,9H2,1H3,(H,20,23). The minimum atomic E-state index is -0.247. The minimum Gasteiger partial charge on any atom is -0.493 e. The van der Waals surface area contributed by atoms with E-state index in [0.29, 0.717) is 11.3 Å². The monoisotopic (exact) mass is 341 g/mol. The van der Waals surface area contributed by atoms with E-state index in [2.05, 4.69) is 16.4 Å². The number of hydrogen-bond donors (Lipinski definition) is 1. The number of pyridine rings is 1. The van der Waals surface area contributed by atoms with Gasteiger partial charge in [-0.1, -0.05) is 23.7 Å². The fraction of sp³-hybridized carbons (Fsp3) is 0.222. The maximum Gasteiger partial charge on any atom is 0.272 e. The Morgan fingerprint density at radius 3 is 3.12 bits per heavy atom. The second-order valence-corrected chi connectivity index (χ2v) is 6.20. The molecule has 4 rings (SSSR count). The van der Waals surface area contributed by atoms with Crippen LogP contribution in [0.2, 0.25) is 5.15 Å². The molecule has 5 nitrogen and oxygen atoms in total. The van der Waals surface area contributed by atoms with E-state index < -0.39 is 0 Å². The molecule has 1 aliphatic rings. The number of benzene rings is 1. The highest BCUT2D eigenvalue weighted by Gasteiger charge is 2.21. The van der Waals surface area contributed by atoms with Crippen LogP contribution in [0.15, 0.2) is 42.6 Å². The molecule has 0 saturated heterocycles. The Balaban J connectivity index is 1.60. The predicted octanol–water partition coefficient (Wildman–Crippen LogP) is 3.41. The van der Waals surface area contributed by atoms with Gasteiger partial charge in [0.1, 0.15) is 11.4 Å². The molecule has 0 bridgehead atoms. The molecular weight excluding hydrogens is 326 g/mol. The lowest BCUT2D eigenvalue weighted by Gasteiger charge is -2.15. The number of nitrogens with one attached hydrogen (secondary N) is 1. The number of ether oxygens (including phenoxy) is 1. The summed E-state index contributed by atoms with van der Waals surface area (Å²) in [6.45, 7) is 2.67. The largest absolute Gasteiger partial charge is 0.493 e. The van der Waals surface area contributed by atoms with Crippen LogP contribution in [0.3, 0.4) is 0 Å². The maximum atomic E-state index is 12.7. The molecule has 0 aliphatic carbocycles. The van der Waals surface area contributed by atoms with Gasteiger partial charge in [0, 0.05) is 12.6 Å². The van der Waals surface area contributed by atoms with Crippen molar-refractivity contribution < 1.29 is 9.53 Å². The number of halogens is 1. The van der Waals surface area contributed by atoms with E-state index in [-0.39, 0.29) is 17.1 Å². The maximum absolute atomic E-state index is 12.7. The highest BCUT2D eigenvalue weighted by molar-refractivity contribution is 6.32. The van der Waals surface area contributed by atoms with Crippen LogP contribution >= 0.6 is 11.6 Å². The zero-order valence-corrected chi connectivity index (χ0v) is 13.9. The fourth-order valence-electron chi connectivity index (χ4n) is 2.99. The number of carbonyl (C=O) groups is 1. The summed E-state index contributed by atoms with van der Waals surface area (Å²) in [5.74, 6) is 0.685. The fourth-order valence-corrected chi connectivity index (χ4v) is 3.26. The van der Waals surface area contributed by atoms with Crippen molar-refractivity contribution in [1.82, 2.24) is 14.7 Å². The Bertz CT molecular complexity index is 935. The van der Waals surface area contributed by atoms with Gasteiger partial charge in [0.25, 0.3) is 5.91 Å². The van der Waals surface area contributed by atoms with Crippen molar-refractivity contribution in [2.75, 3.05) is 6.61 Å². The van der Waals surface area contributed by atoms with Crippen LogP contribution in [-0.2, 0) is 6.42 Å². The Morgan fingerprint density at radius 1 is 1.38 bits per heavy atom. The average molecular weight is 342 g/mol. The Morgan fingerprint density at radius 2 is 2.25 bits per heavy atom. The van der Waals surface area contributed by atoms with E-state index in [4.69, 9.17) is 16.3 Å². The van der Waals surface area contributed by atoms with Gasteiger partial charge in [0.2, 0.25) is 0 Å². The lowest BCUT2D eigenvalue weighted by molar-refractivity contribution is 0.0934. The molecular formula is C18H16ClN3O2. The molecule has 1 atom stereocenters. The van der Waals surface area contributed by atoms with Gasteiger partial charge in [-0.05, 0) is 42.3 Å². The first-order valence-electron chi connectivity index (χ1n) is 7.82. The van der Waals surface area contributed by atoms with Gasteiger partial charge in [-0.2, -0.15) is 0 Å². The van der Waals surface area contributed by atoms with Crippen molar-refractivity contribution >= 4 is 23.2 Å². The molecule has 2 aromatic heterocycles. The first kappa shape index (κ1) is 15.0. The van der Waals surface area contributed by atoms with E-state index in [1.54, 1.807) is 10.6 Å². The van der Waals surface area contributed by atoms with Crippen molar-refractivity contribution in [3.05, 3.63) is 64.6 Å². The highest BCUT2D eigenvalue weighted by Crippen LogP contribution is 2.28. The molecule has 1 N–H and O–H groups in total. The summed E-state index contributed by atoms with van der Waals surface area (Å²) >= 11 is 6.16. The Labute approximate surface area is 144 Å². The van der Waals surface area contributed by atoms with Gasteiger partial charge in [-0.25, -0.2) is 4.98 Å². The Kier molecular flexibility index (Phi) is 3.65. The molecule has 0 radical (unpaired) electrons. The molecule has 0 saturated carbocycles. The molecule has 3 aromatic rings. The second-order valence-electron chi connectivity index (χ2n) is 5.84. The van der Waals surface area contributed by atoms with Gasteiger partial charge < -0.3 is 10.1 Å². The topological polar surface area (TPSA) is 55.6 Å². The molecule has 1 amide bonds. The SMILES string of the molecule is CC(NC(=O)c1c(Cl)nc2ccccn12)c1ccc2c(c1)CCO2. The van der Waals surface area contributed by atoms with E-state index in [9.17, 15) is 4.79 Å². The zero-order valence-electron chi connectivity index (χ0n) is 13.1. The summed E-state index contributed by atoms with van der Waals surface area (Å²) in [5, 5.41) is 3.20. The number of fused-ring (bicyclic) bond motifs is 2. The summed E-state index contributed by atoms with van der Waals surface area (Å²) in [5.41, 5.74) is 3.22. The lowest BCUT2D eigenvalue weighted by Crippen LogP contribution is -2.28. The summed E-state index contributed by atoms with van der Waals surface area (Å²) in [4.78, 5) is 16.9. The Hall–Kier alpha value is -2.53. The van der Waals surface area contributed by atoms with Crippen LogP contribution in [0.5, 0.6) is 5.75 Å². The smallest absolute Gasteiger partial charge is 0.272 e. The summed E-state index contributed by atoms with van der Waals surface area (Å²) in [7, 11) is 0. The second kappa shape index (κ2) is 5.83. The first-order chi connectivity index (χ1) is 11.6. The van der Waals surface area contributed by atoms with Crippen LogP contribution in [-0.4, -0.2) is 21.9 Å². The number of amides is 1. The van der Waals surface area contributed by atoms with Gasteiger partial charge in [-0.15, -0.1) is 0 Å². The van der Waals surface area contributed by atoms with E-state index in [1.807, 2.05) is 37.3 Å². The van der Waals surface area contributed by atoms with Gasteiger partial charge in [0.05, 0.1) is 12.6 Å². The van der Waals surface area contributed by atoms with Crippen molar-refractivity contribution in [2.45, 2.75) is 19.4 Å². The van der Waals surface area contributed by atoms with Crippen molar-refractivity contribution in [2.24, 2.45) is 0 Å². The molecule has 3 heterocycles. The number of hydrogen-bond acceptors (Lipinski definition) is 3. The van der Waals surface area contributed by atoms with Crippen LogP contribution in [0.1, 0.15) is 34.6 Å². The van der Waals surface area contributed by atoms with Gasteiger partial charge >= 0.3 is 0 Å². The number of aromatic nitrogens is 2. The van der Waals surface area contributed by atoms with Crippen molar-refractivity contribution in [1.29, 1.82) is 0 Å². The van der Waals surface area contributed by atoms with Crippen LogP contribution in [0, 0.1) is 0 Å². The minimum absolute atomic E-state index is 0.145. The third-order valence-electron chi connectivity index (χ3n) is 4.26. The lowest BCUT2D eigenvalue weighted by atomic mass is 10.0. The van der Waals surface area contributed by atoms with Gasteiger partial charge in [0.15, 0.2) is 10.8 Å². The molecule has 122 valence electrons. The highest BCUT2D eigenvalue weighted by atomic mass is 35.5. The normalized spacial score (nSPS) is 14.2. The molecule has 0 spiro atoms. The summed E-state index contributed by atoms with van der Waals surface area (Å²) < 4.78 is 7.22. The first-order valence-corrected chi connectivity index (χ1v) is 8.20. The van der Waals surface area contributed by atoms with Gasteiger partial charge in [-0.3, -0.25) is 9.20 Å². The summed E-state index contributed by atoms with van der Waals surface area (Å²) in [6, 6.07) is 11.4. The van der Waals surface area contributed by atoms with E-state index in [0.717, 1.165) is 24.3 Å². The zero-order chi connectivity index (χ0) is 16.7. The third kappa shape index (κ3) is 2.51. The number of nitrogens with zero attached hydrogens (tertiary/aromatic N) is 2. The van der Waals surface area contributed by atoms with Crippen LogP contribution < -0.4 is 10.1 Å². The number of carbonyl (C=O) groups excluding carboxylic acids is 1. The quantitative estimate of drug-likeness (QED) is 0.794. The van der Waals surface area contributed by atoms with Crippen molar-refractivity contribution in [3.63, 3.8) is 0 Å². The third-order valence-corrected chi connectivity index (χ3v) is 4.53. The van der Waals surface area contributed by atoms with Crippen LogP contribution in [0.25, 0.3) is 5.65 Å². The summed E-state index contributed by atoms with van der Waals surface area (Å²) in [6.07, 6.45) is 2.68. The number of rotatable bonds is 3. The van der Waals surface area contributed by atoms with Crippen LogP contribution in [0.4, 0.5) is 0 Å². The molecule has 1 unspecified atom stereocenters. The molecule has 24 heavy (non-hydrogen) atoms. The molecule has 1 aromatic carbocycles. The van der Waals surface area contributed by atoms with E-state index in [1.165, 1.54) is 5.56 Å². The molecule has 6 heteroatoms. The van der Waals surface area contributed by atoms with Crippen molar-refractivity contribution in [3.8, 4) is 5.75 Å². The number of imidazole rings is 1. The predicted molar refractivity (Wildman–Crippen MR) is 91.7 cm³/mol. The average Bonchev–Trinajstić information content (AvgIpc) is 3.16. The van der Waals surface area contributed by atoms with E-state index >= 15 is 0 Å². The molecule has 0 fully saturated rings. The molecule has 1 aliphatic heterocycles.